The summed E-state index contributed by atoms with van der Waals surface area (Å²) in [5.74, 6) is 1.41. The minimum absolute atomic E-state index is 0.389. The summed E-state index contributed by atoms with van der Waals surface area (Å²) in [4.78, 5) is 16.3. The highest BCUT2D eigenvalue weighted by Gasteiger charge is 2.25. The van der Waals surface area contributed by atoms with Crippen molar-refractivity contribution in [2.24, 2.45) is 0 Å². The zero-order valence-corrected chi connectivity index (χ0v) is 33.4. The van der Waals surface area contributed by atoms with Crippen LogP contribution >= 0.6 is 0 Å². The molecule has 0 radical (unpaired) electrons. The van der Waals surface area contributed by atoms with Crippen LogP contribution in [0.1, 0.15) is 4.11 Å². The monoisotopic (exact) mass is 794 g/mol. The first-order valence-corrected chi connectivity index (χ1v) is 20.7. The number of rotatable bonds is 7. The van der Waals surface area contributed by atoms with Gasteiger partial charge in [-0.1, -0.05) is 188 Å². The van der Waals surface area contributed by atoms with Gasteiger partial charge in [-0.15, -0.1) is 0 Å². The molecule has 62 heavy (non-hydrogen) atoms. The zero-order chi connectivity index (χ0) is 43.6. The summed E-state index contributed by atoms with van der Waals surface area (Å²) in [6, 6.07) is 70.3. The Morgan fingerprint density at radius 2 is 0.710 bits per heavy atom. The van der Waals surface area contributed by atoms with E-state index in [0.717, 1.165) is 93.9 Å². The van der Waals surface area contributed by atoms with E-state index in [0.29, 0.717) is 35.6 Å². The second kappa shape index (κ2) is 14.7. The molecule has 0 amide bonds. The van der Waals surface area contributed by atoms with E-state index in [1.165, 1.54) is 0 Å². The van der Waals surface area contributed by atoms with Crippen molar-refractivity contribution in [3.8, 4) is 67.8 Å². The second-order valence-electron chi connectivity index (χ2n) is 15.3. The summed E-state index contributed by atoms with van der Waals surface area (Å²) in [6.45, 7) is 0. The third kappa shape index (κ3) is 5.75. The molecule has 0 N–H and O–H groups in total. The Hall–Kier alpha value is -8.41. The van der Waals surface area contributed by atoms with Gasteiger partial charge in [0.1, 0.15) is 0 Å². The first kappa shape index (κ1) is 32.4. The number of nitrogens with zero attached hydrogens (tertiary/aromatic N) is 5. The number of para-hydroxylation sites is 5. The molecule has 0 saturated heterocycles. The van der Waals surface area contributed by atoms with Crippen LogP contribution in [-0.4, -0.2) is 24.1 Å². The molecule has 0 spiro atoms. The minimum atomic E-state index is 0.389. The third-order valence-electron chi connectivity index (χ3n) is 11.8. The second-order valence-corrected chi connectivity index (χ2v) is 15.3. The summed E-state index contributed by atoms with van der Waals surface area (Å²) in [5.41, 5.74) is 12.1. The third-order valence-corrected chi connectivity index (χ3v) is 11.8. The number of hydrogen-bond donors (Lipinski definition) is 0. The zero-order valence-electron chi connectivity index (χ0n) is 36.4. The molecule has 0 aliphatic rings. The van der Waals surface area contributed by atoms with E-state index in [1.807, 2.05) is 60.7 Å². The Labute approximate surface area is 362 Å². The quantitative estimate of drug-likeness (QED) is 0.161. The number of benzene rings is 9. The van der Waals surface area contributed by atoms with Crippen molar-refractivity contribution < 1.29 is 4.11 Å². The molecule has 3 aromatic heterocycles. The first-order chi connectivity index (χ1) is 32.0. The van der Waals surface area contributed by atoms with Crippen molar-refractivity contribution in [1.82, 2.24) is 24.1 Å². The molecule has 0 aliphatic carbocycles. The summed E-state index contributed by atoms with van der Waals surface area (Å²) >= 11 is 0. The van der Waals surface area contributed by atoms with Gasteiger partial charge >= 0.3 is 0 Å². The molecule has 0 aliphatic heterocycles. The number of hydrogen-bond acceptors (Lipinski definition) is 3. The van der Waals surface area contributed by atoms with Crippen molar-refractivity contribution in [3.63, 3.8) is 0 Å². The highest BCUT2D eigenvalue weighted by atomic mass is 15.1. The summed E-state index contributed by atoms with van der Waals surface area (Å²) in [5, 5.41) is 4.52. The molecule has 9 aromatic carbocycles. The van der Waals surface area contributed by atoms with Gasteiger partial charge in [-0.25, -0.2) is 15.0 Å². The Kier molecular flexibility index (Phi) is 7.69. The van der Waals surface area contributed by atoms with E-state index in [1.54, 1.807) is 12.1 Å². The molecule has 0 unspecified atom stereocenters. The maximum Gasteiger partial charge on any atom is 0.166 e. The summed E-state index contributed by atoms with van der Waals surface area (Å²) < 4.78 is 29.7. The van der Waals surface area contributed by atoms with Crippen LogP contribution < -0.4 is 0 Å². The maximum absolute atomic E-state index is 8.38. The fraction of sp³-hybridized carbons (Fsp3) is 0. The van der Waals surface area contributed by atoms with Gasteiger partial charge < -0.3 is 9.13 Å². The standard InChI is InChI=1S/C57H37N5/c1-4-20-38(21-5-1)41-30-19-37-52(61-48-33-14-10-26-43(48)44-27-11-15-34-49(44)61)53(41)57-59-55(40-24-8-3-9-25-40)58-56(60-57)47-32-18-31-42(39-22-6-2-7-23-39)54(47)62-50-35-16-12-28-45(50)46-29-13-17-36-51(46)62/h1-37H/i1D,2D,3D. The summed E-state index contributed by atoms with van der Waals surface area (Å²) in [7, 11) is 0. The highest BCUT2D eigenvalue weighted by Crippen LogP contribution is 2.44. The number of aromatic nitrogens is 5. The van der Waals surface area contributed by atoms with Crippen molar-refractivity contribution in [2.45, 2.75) is 0 Å². The van der Waals surface area contributed by atoms with Crippen molar-refractivity contribution in [1.29, 1.82) is 0 Å². The number of fused-ring (bicyclic) bond motifs is 6. The van der Waals surface area contributed by atoms with Crippen LogP contribution in [0.25, 0.3) is 111 Å². The van der Waals surface area contributed by atoms with Crippen LogP contribution in [-0.2, 0) is 0 Å². The van der Waals surface area contributed by atoms with E-state index >= 15 is 0 Å². The Morgan fingerprint density at radius 1 is 0.306 bits per heavy atom. The van der Waals surface area contributed by atoms with Gasteiger partial charge in [-0.3, -0.25) is 0 Å². The lowest BCUT2D eigenvalue weighted by Gasteiger charge is -2.20. The fourth-order valence-corrected chi connectivity index (χ4v) is 9.15. The SMILES string of the molecule is [2H]c1ccc(-c2nc(-c3cccc(-c4ccc([2H])cc4)c3-n3c4ccccc4c4ccccc43)nc(-c3c(-c4ccc([2H])cc4)cccc3-n3c4ccccc4c4ccccc43)n2)cc1. The Balaban J connectivity index is 1.22. The van der Waals surface area contributed by atoms with Gasteiger partial charge in [0, 0.05) is 38.2 Å². The molecule has 5 nitrogen and oxygen atoms in total. The molecular weight excluding hydrogens is 755 g/mol. The van der Waals surface area contributed by atoms with Crippen LogP contribution in [0.3, 0.4) is 0 Å². The van der Waals surface area contributed by atoms with Crippen LogP contribution in [0.4, 0.5) is 0 Å². The van der Waals surface area contributed by atoms with Crippen LogP contribution in [0, 0.1) is 0 Å². The maximum atomic E-state index is 8.38. The lowest BCUT2D eigenvalue weighted by molar-refractivity contribution is 1.06. The summed E-state index contributed by atoms with van der Waals surface area (Å²) in [6.07, 6.45) is 0. The van der Waals surface area contributed by atoms with Crippen molar-refractivity contribution in [3.05, 3.63) is 224 Å². The van der Waals surface area contributed by atoms with E-state index < -0.39 is 0 Å². The minimum Gasteiger partial charge on any atom is -0.308 e. The molecule has 0 atom stereocenters. The fourth-order valence-electron chi connectivity index (χ4n) is 9.15. The van der Waals surface area contributed by atoms with E-state index in [4.69, 9.17) is 19.1 Å². The Morgan fingerprint density at radius 3 is 1.26 bits per heavy atom. The average molecular weight is 795 g/mol. The first-order valence-electron chi connectivity index (χ1n) is 22.2. The normalized spacial score (nSPS) is 12.2. The van der Waals surface area contributed by atoms with Crippen LogP contribution in [0.2, 0.25) is 0 Å². The molecule has 0 saturated carbocycles. The lowest BCUT2D eigenvalue weighted by Crippen LogP contribution is -2.07. The molecular formula is C57H37N5. The molecule has 3 heterocycles. The van der Waals surface area contributed by atoms with E-state index in [-0.39, 0.29) is 0 Å². The predicted molar refractivity (Wildman–Crippen MR) is 256 cm³/mol. The molecule has 290 valence electrons. The van der Waals surface area contributed by atoms with Gasteiger partial charge in [0.15, 0.2) is 17.5 Å². The molecule has 12 aromatic rings. The molecule has 12 rings (SSSR count). The van der Waals surface area contributed by atoms with Crippen LogP contribution in [0.5, 0.6) is 0 Å². The van der Waals surface area contributed by atoms with Gasteiger partial charge in [0.05, 0.1) is 43.1 Å². The van der Waals surface area contributed by atoms with E-state index in [9.17, 15) is 0 Å². The molecule has 0 bridgehead atoms. The van der Waals surface area contributed by atoms with Gasteiger partial charge in [-0.05, 0) is 53.1 Å². The predicted octanol–water partition coefficient (Wildman–Crippen LogP) is 14.4. The van der Waals surface area contributed by atoms with E-state index in [2.05, 4.69) is 143 Å². The van der Waals surface area contributed by atoms with Crippen LogP contribution in [0.15, 0.2) is 224 Å². The highest BCUT2D eigenvalue weighted by molar-refractivity contribution is 6.11. The van der Waals surface area contributed by atoms with Gasteiger partial charge in [0.2, 0.25) is 0 Å². The average Bonchev–Trinajstić information content (AvgIpc) is 3.87. The Bertz CT molecular complexity index is 3690. The smallest absolute Gasteiger partial charge is 0.166 e. The van der Waals surface area contributed by atoms with Crippen molar-refractivity contribution in [2.75, 3.05) is 0 Å². The molecule has 0 fully saturated rings. The van der Waals surface area contributed by atoms with Gasteiger partial charge in [-0.2, -0.15) is 0 Å². The largest absolute Gasteiger partial charge is 0.308 e. The molecule has 5 heteroatoms. The van der Waals surface area contributed by atoms with Crippen molar-refractivity contribution >= 4 is 43.6 Å². The lowest BCUT2D eigenvalue weighted by atomic mass is 9.96. The topological polar surface area (TPSA) is 48.5 Å². The van der Waals surface area contributed by atoms with Gasteiger partial charge in [0.25, 0.3) is 0 Å².